The van der Waals surface area contributed by atoms with Crippen LogP contribution in [0.1, 0.15) is 61.0 Å². The van der Waals surface area contributed by atoms with Crippen LogP contribution in [0.2, 0.25) is 0 Å². The van der Waals surface area contributed by atoms with Gasteiger partial charge in [-0.25, -0.2) is 0 Å². The molecule has 1 heterocycles. The number of rotatable bonds is 7. The Morgan fingerprint density at radius 2 is 2.00 bits per heavy atom. The van der Waals surface area contributed by atoms with Gasteiger partial charge >= 0.3 is 6.18 Å². The average molecular weight is 552 g/mol. The number of aliphatic hydroxyl groups excluding tert-OH is 1. The highest BCUT2D eigenvalue weighted by Gasteiger charge is 2.31. The average Bonchev–Trinajstić information content (AvgIpc) is 2.89. The van der Waals surface area contributed by atoms with Crippen LogP contribution in [-0.2, 0) is 17.5 Å². The first-order valence-corrected chi connectivity index (χ1v) is 13.6. The Morgan fingerprint density at radius 3 is 2.77 bits per heavy atom. The van der Waals surface area contributed by atoms with E-state index in [1.807, 2.05) is 19.1 Å². The van der Waals surface area contributed by atoms with Crippen LogP contribution in [0.15, 0.2) is 42.5 Å². The zero-order chi connectivity index (χ0) is 28.3. The first-order chi connectivity index (χ1) is 18.7. The standard InChI is InChI=1S/C29H40F3N3O4/c1-3-39-25-15-21(14-23(17-25)29(30,31)32)18-33-19-27(36)26-13-20(2)9-12-38-11-5-4-10-34-24-8-6-7-22(16-24)28(37)35-26/h6-8,14-17,20,26-27,33-34,36H,3-5,9-13,18-19H2,1-2H3,(H,35,37)/t20-,26+,27-/m1/s1. The normalized spacial score (nSPS) is 20.5. The number of halogens is 3. The molecule has 0 aromatic heterocycles. The van der Waals surface area contributed by atoms with Crippen LogP contribution in [0.25, 0.3) is 0 Å². The van der Waals surface area contributed by atoms with Crippen molar-refractivity contribution in [2.45, 2.75) is 64.4 Å². The molecule has 2 bridgehead atoms. The van der Waals surface area contributed by atoms with Gasteiger partial charge in [-0.3, -0.25) is 4.79 Å². The van der Waals surface area contributed by atoms with Crippen LogP contribution in [0, 0.1) is 5.92 Å². The van der Waals surface area contributed by atoms with Crippen molar-refractivity contribution in [2.75, 3.05) is 38.2 Å². The minimum Gasteiger partial charge on any atom is -0.494 e. The molecule has 0 aliphatic carbocycles. The summed E-state index contributed by atoms with van der Waals surface area (Å²) in [7, 11) is 0. The van der Waals surface area contributed by atoms with Crippen molar-refractivity contribution in [1.29, 1.82) is 0 Å². The first kappa shape index (κ1) is 30.7. The van der Waals surface area contributed by atoms with Crippen molar-refractivity contribution in [3.8, 4) is 5.75 Å². The Hall–Kier alpha value is -2.82. The maximum absolute atomic E-state index is 13.3. The third-order valence-corrected chi connectivity index (χ3v) is 6.65. The molecular formula is C29H40F3N3O4. The van der Waals surface area contributed by atoms with Gasteiger partial charge in [0, 0.05) is 44.1 Å². The molecule has 0 saturated heterocycles. The Bertz CT molecular complexity index is 1050. The lowest BCUT2D eigenvalue weighted by molar-refractivity contribution is -0.137. The minimum atomic E-state index is -4.50. The second-order valence-corrected chi connectivity index (χ2v) is 10.0. The lowest BCUT2D eigenvalue weighted by atomic mass is 9.94. The zero-order valence-electron chi connectivity index (χ0n) is 22.7. The molecule has 2 aromatic carbocycles. The summed E-state index contributed by atoms with van der Waals surface area (Å²) in [6.45, 7) is 6.23. The Labute approximate surface area is 228 Å². The summed E-state index contributed by atoms with van der Waals surface area (Å²) >= 11 is 0. The molecule has 10 heteroatoms. The second kappa shape index (κ2) is 15.1. The highest BCUT2D eigenvalue weighted by Crippen LogP contribution is 2.32. The number of aliphatic hydroxyl groups is 1. The van der Waals surface area contributed by atoms with Crippen LogP contribution >= 0.6 is 0 Å². The van der Waals surface area contributed by atoms with Gasteiger partial charge in [-0.2, -0.15) is 13.2 Å². The predicted molar refractivity (Wildman–Crippen MR) is 145 cm³/mol. The Kier molecular flexibility index (Phi) is 11.9. The summed E-state index contributed by atoms with van der Waals surface area (Å²) in [5, 5.41) is 20.4. The third kappa shape index (κ3) is 10.3. The highest BCUT2D eigenvalue weighted by atomic mass is 19.4. The molecule has 0 fully saturated rings. The topological polar surface area (TPSA) is 91.8 Å². The number of carbonyl (C=O) groups is 1. The maximum atomic E-state index is 13.3. The molecule has 1 aliphatic heterocycles. The molecule has 7 nitrogen and oxygen atoms in total. The van der Waals surface area contributed by atoms with E-state index >= 15 is 0 Å². The second-order valence-electron chi connectivity index (χ2n) is 10.0. The molecule has 3 rings (SSSR count). The van der Waals surface area contributed by atoms with E-state index in [9.17, 15) is 23.1 Å². The Morgan fingerprint density at radius 1 is 1.18 bits per heavy atom. The van der Waals surface area contributed by atoms with Gasteiger partial charge in [0.25, 0.3) is 5.91 Å². The van der Waals surface area contributed by atoms with Crippen molar-refractivity contribution in [3.63, 3.8) is 0 Å². The molecule has 0 saturated carbocycles. The predicted octanol–water partition coefficient (Wildman–Crippen LogP) is 4.99. The number of hydrogen-bond donors (Lipinski definition) is 4. The van der Waals surface area contributed by atoms with E-state index in [1.54, 1.807) is 25.1 Å². The molecule has 2 aromatic rings. The summed E-state index contributed by atoms with van der Waals surface area (Å²) in [6, 6.07) is 10.3. The summed E-state index contributed by atoms with van der Waals surface area (Å²) in [5.41, 5.74) is 0.927. The maximum Gasteiger partial charge on any atom is 0.416 e. The number of carbonyl (C=O) groups excluding carboxylic acids is 1. The van der Waals surface area contributed by atoms with Crippen LogP contribution < -0.4 is 20.7 Å². The molecule has 216 valence electrons. The van der Waals surface area contributed by atoms with Crippen LogP contribution in [0.4, 0.5) is 18.9 Å². The summed E-state index contributed by atoms with van der Waals surface area (Å²) in [4.78, 5) is 13.1. The molecular weight excluding hydrogens is 511 g/mol. The van der Waals surface area contributed by atoms with Crippen LogP contribution in [0.5, 0.6) is 5.75 Å². The van der Waals surface area contributed by atoms with E-state index in [-0.39, 0.29) is 37.3 Å². The number of nitrogens with one attached hydrogen (secondary N) is 3. The van der Waals surface area contributed by atoms with Crippen molar-refractivity contribution < 1.29 is 32.5 Å². The van der Waals surface area contributed by atoms with E-state index < -0.39 is 23.9 Å². The summed E-state index contributed by atoms with van der Waals surface area (Å²) in [6.07, 6.45) is -2.26. The molecule has 0 spiro atoms. The monoisotopic (exact) mass is 551 g/mol. The van der Waals surface area contributed by atoms with Crippen molar-refractivity contribution >= 4 is 11.6 Å². The molecule has 39 heavy (non-hydrogen) atoms. The first-order valence-electron chi connectivity index (χ1n) is 13.6. The van der Waals surface area contributed by atoms with Crippen molar-refractivity contribution in [1.82, 2.24) is 10.6 Å². The number of hydrogen-bond acceptors (Lipinski definition) is 6. The van der Waals surface area contributed by atoms with E-state index in [0.29, 0.717) is 30.8 Å². The van der Waals surface area contributed by atoms with E-state index in [4.69, 9.17) is 9.47 Å². The Balaban J connectivity index is 1.69. The van der Waals surface area contributed by atoms with Crippen LogP contribution in [-0.4, -0.2) is 56.1 Å². The lowest BCUT2D eigenvalue weighted by Gasteiger charge is -2.27. The minimum absolute atomic E-state index is 0.0793. The smallest absolute Gasteiger partial charge is 0.416 e. The van der Waals surface area contributed by atoms with Gasteiger partial charge in [0.05, 0.1) is 24.3 Å². The molecule has 1 amide bonds. The number of anilines is 1. The molecule has 0 unspecified atom stereocenters. The van der Waals surface area contributed by atoms with Gasteiger partial charge in [0.1, 0.15) is 5.75 Å². The van der Waals surface area contributed by atoms with Crippen LogP contribution in [0.3, 0.4) is 0 Å². The quantitative estimate of drug-likeness (QED) is 0.388. The summed E-state index contributed by atoms with van der Waals surface area (Å²) in [5.74, 6) is 0.0165. The number of benzene rings is 2. The van der Waals surface area contributed by atoms with Crippen molar-refractivity contribution in [3.05, 3.63) is 59.2 Å². The molecule has 3 atom stereocenters. The number of alkyl halides is 3. The molecule has 0 radical (unpaired) electrons. The van der Waals surface area contributed by atoms with Crippen molar-refractivity contribution in [2.24, 2.45) is 5.92 Å². The fourth-order valence-electron chi connectivity index (χ4n) is 4.52. The van der Waals surface area contributed by atoms with Gasteiger partial charge in [-0.1, -0.05) is 13.0 Å². The zero-order valence-corrected chi connectivity index (χ0v) is 22.7. The fraction of sp³-hybridized carbons (Fsp3) is 0.552. The van der Waals surface area contributed by atoms with Gasteiger partial charge < -0.3 is 30.5 Å². The van der Waals surface area contributed by atoms with E-state index in [0.717, 1.165) is 43.6 Å². The van der Waals surface area contributed by atoms with E-state index in [2.05, 4.69) is 16.0 Å². The lowest BCUT2D eigenvalue weighted by Crippen LogP contribution is -2.48. The third-order valence-electron chi connectivity index (χ3n) is 6.65. The fourth-order valence-corrected chi connectivity index (χ4v) is 4.52. The van der Waals surface area contributed by atoms with Gasteiger partial charge in [-0.05, 0) is 80.5 Å². The molecule has 4 N–H and O–H groups in total. The highest BCUT2D eigenvalue weighted by molar-refractivity contribution is 5.95. The van der Waals surface area contributed by atoms with Gasteiger partial charge in [0.2, 0.25) is 0 Å². The SMILES string of the molecule is CCOc1cc(CNC[C@@H](O)[C@@H]2C[C@H](C)CCOCCCCNc3cccc(c3)C(=O)N2)cc(C(F)(F)F)c1. The van der Waals surface area contributed by atoms with Gasteiger partial charge in [0.15, 0.2) is 0 Å². The number of ether oxygens (including phenoxy) is 2. The number of amides is 1. The van der Waals surface area contributed by atoms with Gasteiger partial charge in [-0.15, -0.1) is 0 Å². The molecule has 1 aliphatic rings. The largest absolute Gasteiger partial charge is 0.494 e. The number of fused-ring (bicyclic) bond motifs is 2. The summed E-state index contributed by atoms with van der Waals surface area (Å²) < 4.78 is 51.1. The van der Waals surface area contributed by atoms with E-state index in [1.165, 1.54) is 0 Å².